The molecule has 0 radical (unpaired) electrons. The molecule has 1 unspecified atom stereocenters. The van der Waals surface area contributed by atoms with Crippen LogP contribution in [0.25, 0.3) is 0 Å². The van der Waals surface area contributed by atoms with Crippen LogP contribution in [-0.4, -0.2) is 22.9 Å². The van der Waals surface area contributed by atoms with E-state index in [1.165, 1.54) is 5.69 Å². The lowest BCUT2D eigenvalue weighted by Crippen LogP contribution is -2.31. The number of rotatable bonds is 8. The largest absolute Gasteiger partial charge is 0.317 e. The van der Waals surface area contributed by atoms with E-state index in [4.69, 9.17) is 5.10 Å². The zero-order chi connectivity index (χ0) is 13.5. The van der Waals surface area contributed by atoms with Crippen LogP contribution in [0.1, 0.15) is 58.7 Å². The normalized spacial score (nSPS) is 13.5. The van der Waals surface area contributed by atoms with Crippen LogP contribution in [0.15, 0.2) is 12.3 Å². The van der Waals surface area contributed by atoms with E-state index in [-0.39, 0.29) is 0 Å². The molecule has 0 spiro atoms. The second-order valence-electron chi connectivity index (χ2n) is 5.44. The van der Waals surface area contributed by atoms with Gasteiger partial charge < -0.3 is 5.32 Å². The van der Waals surface area contributed by atoms with Crippen LogP contribution in [-0.2, 0) is 6.42 Å². The Morgan fingerprint density at radius 1 is 1.28 bits per heavy atom. The highest BCUT2D eigenvalue weighted by Crippen LogP contribution is 2.16. The fourth-order valence-electron chi connectivity index (χ4n) is 2.49. The molecule has 0 saturated carbocycles. The molecule has 0 fully saturated rings. The van der Waals surface area contributed by atoms with Crippen molar-refractivity contribution in [1.29, 1.82) is 0 Å². The molecular formula is C15H29N3. The van der Waals surface area contributed by atoms with E-state index in [2.05, 4.69) is 50.0 Å². The van der Waals surface area contributed by atoms with Gasteiger partial charge in [0.2, 0.25) is 0 Å². The van der Waals surface area contributed by atoms with Gasteiger partial charge in [0, 0.05) is 12.2 Å². The molecule has 18 heavy (non-hydrogen) atoms. The molecule has 0 aliphatic rings. The van der Waals surface area contributed by atoms with Crippen LogP contribution in [0.4, 0.5) is 0 Å². The molecule has 0 saturated heterocycles. The summed E-state index contributed by atoms with van der Waals surface area (Å²) in [6, 6.07) is 3.32. The van der Waals surface area contributed by atoms with Crippen LogP contribution in [0.3, 0.4) is 0 Å². The molecule has 1 heterocycles. The van der Waals surface area contributed by atoms with E-state index in [1.54, 1.807) is 0 Å². The van der Waals surface area contributed by atoms with Crippen molar-refractivity contribution >= 4 is 0 Å². The first-order valence-electron chi connectivity index (χ1n) is 7.33. The van der Waals surface area contributed by atoms with Crippen molar-refractivity contribution in [2.45, 2.75) is 65.5 Å². The third-order valence-corrected chi connectivity index (χ3v) is 3.87. The Hall–Kier alpha value is -0.830. The summed E-state index contributed by atoms with van der Waals surface area (Å²) in [5, 5.41) is 8.10. The highest BCUT2D eigenvalue weighted by molar-refractivity contribution is 5.00. The van der Waals surface area contributed by atoms with Crippen LogP contribution >= 0.6 is 0 Å². The number of hydrogen-bond acceptors (Lipinski definition) is 2. The van der Waals surface area contributed by atoms with Gasteiger partial charge in [0.15, 0.2) is 0 Å². The molecule has 0 bridgehead atoms. The number of aryl methyl sites for hydroxylation is 1. The van der Waals surface area contributed by atoms with Gasteiger partial charge in [-0.1, -0.05) is 27.7 Å². The summed E-state index contributed by atoms with van der Waals surface area (Å²) < 4.78 is 2.14. The molecule has 1 aromatic rings. The Kier molecular flexibility index (Phi) is 6.41. The van der Waals surface area contributed by atoms with Crippen molar-refractivity contribution in [1.82, 2.24) is 15.1 Å². The zero-order valence-electron chi connectivity index (χ0n) is 12.6. The Labute approximate surface area is 112 Å². The zero-order valence-corrected chi connectivity index (χ0v) is 12.6. The molecule has 1 atom stereocenters. The van der Waals surface area contributed by atoms with Gasteiger partial charge in [-0.15, -0.1) is 0 Å². The van der Waals surface area contributed by atoms with Gasteiger partial charge in [0.25, 0.3) is 0 Å². The molecule has 3 heteroatoms. The van der Waals surface area contributed by atoms with E-state index in [0.29, 0.717) is 18.0 Å². The van der Waals surface area contributed by atoms with Crippen molar-refractivity contribution in [3.8, 4) is 0 Å². The molecule has 104 valence electrons. The van der Waals surface area contributed by atoms with Crippen molar-refractivity contribution in [2.24, 2.45) is 5.92 Å². The molecule has 1 rings (SSSR count). The minimum absolute atomic E-state index is 0.559. The Morgan fingerprint density at radius 3 is 2.44 bits per heavy atom. The number of nitrogens with zero attached hydrogens (tertiary/aromatic N) is 2. The van der Waals surface area contributed by atoms with E-state index in [1.807, 2.05) is 7.05 Å². The quantitative estimate of drug-likeness (QED) is 0.767. The Morgan fingerprint density at radius 2 is 1.94 bits per heavy atom. The highest BCUT2D eigenvalue weighted by Gasteiger charge is 2.12. The maximum absolute atomic E-state index is 4.71. The second-order valence-corrected chi connectivity index (χ2v) is 5.44. The summed E-state index contributed by atoms with van der Waals surface area (Å²) in [5.74, 6) is 0.677. The molecule has 3 nitrogen and oxygen atoms in total. The van der Waals surface area contributed by atoms with E-state index in [0.717, 1.165) is 25.7 Å². The minimum Gasteiger partial charge on any atom is -0.317 e. The van der Waals surface area contributed by atoms with Crippen LogP contribution in [0, 0.1) is 5.92 Å². The van der Waals surface area contributed by atoms with Crippen LogP contribution in [0.2, 0.25) is 0 Å². The number of nitrogens with one attached hydrogen (secondary N) is 1. The van der Waals surface area contributed by atoms with Gasteiger partial charge >= 0.3 is 0 Å². The smallest absolute Gasteiger partial charge is 0.0625 e. The number of hydrogen-bond donors (Lipinski definition) is 1. The third-order valence-electron chi connectivity index (χ3n) is 3.87. The first-order valence-corrected chi connectivity index (χ1v) is 7.33. The Bertz CT molecular complexity index is 326. The average Bonchev–Trinajstić information content (AvgIpc) is 2.80. The predicted molar refractivity (Wildman–Crippen MR) is 77.9 cm³/mol. The Balaban J connectivity index is 2.53. The molecular weight excluding hydrogens is 222 g/mol. The molecule has 1 N–H and O–H groups in total. The summed E-state index contributed by atoms with van der Waals surface area (Å²) in [6.07, 6.45) is 6.67. The van der Waals surface area contributed by atoms with Gasteiger partial charge in [0.1, 0.15) is 0 Å². The molecule has 0 aromatic carbocycles. The van der Waals surface area contributed by atoms with Crippen molar-refractivity contribution in [2.75, 3.05) is 7.05 Å². The summed E-state index contributed by atoms with van der Waals surface area (Å²) >= 11 is 0. The third kappa shape index (κ3) is 4.13. The monoisotopic (exact) mass is 251 g/mol. The van der Waals surface area contributed by atoms with E-state index < -0.39 is 0 Å². The predicted octanol–water partition coefficient (Wildman–Crippen LogP) is 3.42. The van der Waals surface area contributed by atoms with Crippen molar-refractivity contribution < 1.29 is 0 Å². The second kappa shape index (κ2) is 7.57. The van der Waals surface area contributed by atoms with E-state index >= 15 is 0 Å². The number of aromatic nitrogens is 2. The molecule has 0 aliphatic heterocycles. The van der Waals surface area contributed by atoms with Gasteiger partial charge in [0.05, 0.1) is 11.7 Å². The van der Waals surface area contributed by atoms with Gasteiger partial charge in [-0.05, 0) is 44.7 Å². The van der Waals surface area contributed by atoms with E-state index in [9.17, 15) is 0 Å². The molecule has 0 amide bonds. The van der Waals surface area contributed by atoms with Crippen LogP contribution < -0.4 is 5.32 Å². The van der Waals surface area contributed by atoms with Crippen LogP contribution in [0.5, 0.6) is 0 Å². The fraction of sp³-hybridized carbons (Fsp3) is 0.800. The average molecular weight is 251 g/mol. The fourth-order valence-corrected chi connectivity index (χ4v) is 2.49. The maximum atomic E-state index is 4.71. The van der Waals surface area contributed by atoms with Gasteiger partial charge in [-0.3, -0.25) is 4.68 Å². The van der Waals surface area contributed by atoms with Gasteiger partial charge in [-0.2, -0.15) is 5.10 Å². The summed E-state index contributed by atoms with van der Waals surface area (Å²) in [4.78, 5) is 0. The van der Waals surface area contributed by atoms with Gasteiger partial charge in [-0.25, -0.2) is 0 Å². The van der Waals surface area contributed by atoms with Crippen molar-refractivity contribution in [3.05, 3.63) is 18.0 Å². The minimum atomic E-state index is 0.559. The lowest BCUT2D eigenvalue weighted by Gasteiger charge is -2.19. The standard InChI is InChI=1S/C15H29N3/c1-6-14(7-2)18-11-10-13(17-18)8-9-15(16-5)12(3)4/h10-12,14-16H,6-9H2,1-5H3. The first-order chi connectivity index (χ1) is 8.62. The SMILES string of the molecule is CCC(CC)n1ccc(CCC(NC)C(C)C)n1. The summed E-state index contributed by atoms with van der Waals surface area (Å²) in [6.45, 7) is 8.99. The first kappa shape index (κ1) is 15.2. The summed E-state index contributed by atoms with van der Waals surface area (Å²) in [5.41, 5.74) is 1.22. The summed E-state index contributed by atoms with van der Waals surface area (Å²) in [7, 11) is 2.05. The highest BCUT2D eigenvalue weighted by atomic mass is 15.3. The lowest BCUT2D eigenvalue weighted by molar-refractivity contribution is 0.396. The maximum Gasteiger partial charge on any atom is 0.0625 e. The molecule has 1 aromatic heterocycles. The topological polar surface area (TPSA) is 29.9 Å². The van der Waals surface area contributed by atoms with Crippen molar-refractivity contribution in [3.63, 3.8) is 0 Å². The lowest BCUT2D eigenvalue weighted by atomic mass is 9.99. The molecule has 0 aliphatic carbocycles.